The van der Waals surface area contributed by atoms with Crippen molar-refractivity contribution in [1.82, 2.24) is 4.98 Å². The summed E-state index contributed by atoms with van der Waals surface area (Å²) in [4.78, 5) is 19.3. The summed E-state index contributed by atoms with van der Waals surface area (Å²) in [5.41, 5.74) is 0.788. The summed E-state index contributed by atoms with van der Waals surface area (Å²) >= 11 is 0. The van der Waals surface area contributed by atoms with Crippen molar-refractivity contribution in [2.24, 2.45) is 0 Å². The van der Waals surface area contributed by atoms with Gasteiger partial charge in [0.2, 0.25) is 5.75 Å². The third kappa shape index (κ3) is 3.96. The van der Waals surface area contributed by atoms with E-state index in [-0.39, 0.29) is 24.2 Å². The van der Waals surface area contributed by atoms with Crippen molar-refractivity contribution in [1.29, 1.82) is 0 Å². The van der Waals surface area contributed by atoms with Crippen molar-refractivity contribution in [2.45, 2.75) is 18.9 Å². The Morgan fingerprint density at radius 2 is 1.93 bits per heavy atom. The molecule has 1 unspecified atom stereocenters. The first-order valence-electron chi connectivity index (χ1n) is 9.07. The molecular formula is C20H25N3O5. The van der Waals surface area contributed by atoms with Crippen LogP contribution in [0.25, 0.3) is 0 Å². The van der Waals surface area contributed by atoms with E-state index in [9.17, 15) is 9.90 Å². The van der Waals surface area contributed by atoms with Gasteiger partial charge in [-0.3, -0.25) is 4.79 Å². The first-order valence-corrected chi connectivity index (χ1v) is 9.07. The molecule has 0 aliphatic carbocycles. The minimum atomic E-state index is -0.351. The SMILES string of the molecule is COc1cc(NC(=O)c2cccc(N3CCCC3CO)n2)cc(OC)c1OC. The first-order chi connectivity index (χ1) is 13.6. The molecule has 8 heteroatoms. The van der Waals surface area contributed by atoms with Gasteiger partial charge in [0.25, 0.3) is 5.91 Å². The summed E-state index contributed by atoms with van der Waals surface area (Å²) in [6.45, 7) is 0.889. The zero-order valence-electron chi connectivity index (χ0n) is 16.3. The maximum absolute atomic E-state index is 12.7. The van der Waals surface area contributed by atoms with Crippen molar-refractivity contribution < 1.29 is 24.1 Å². The lowest BCUT2D eigenvalue weighted by Crippen LogP contribution is -2.33. The van der Waals surface area contributed by atoms with Gasteiger partial charge in [0.05, 0.1) is 34.0 Å². The number of carbonyl (C=O) groups excluding carboxylic acids is 1. The van der Waals surface area contributed by atoms with E-state index in [0.29, 0.717) is 28.8 Å². The number of ether oxygens (including phenoxy) is 3. The molecule has 1 amide bonds. The molecular weight excluding hydrogens is 362 g/mol. The normalized spacial score (nSPS) is 16.0. The largest absolute Gasteiger partial charge is 0.493 e. The minimum absolute atomic E-state index is 0.0425. The predicted octanol–water partition coefficient (Wildman–Crippen LogP) is 2.32. The molecule has 2 aromatic rings. The van der Waals surface area contributed by atoms with Gasteiger partial charge in [-0.15, -0.1) is 0 Å². The van der Waals surface area contributed by atoms with Gasteiger partial charge in [-0.05, 0) is 25.0 Å². The minimum Gasteiger partial charge on any atom is -0.493 e. The Morgan fingerprint density at radius 1 is 1.21 bits per heavy atom. The summed E-state index contributed by atoms with van der Waals surface area (Å²) < 4.78 is 15.9. The maximum Gasteiger partial charge on any atom is 0.274 e. The zero-order valence-corrected chi connectivity index (χ0v) is 16.3. The molecule has 1 atom stereocenters. The van der Waals surface area contributed by atoms with Gasteiger partial charge in [-0.2, -0.15) is 0 Å². The highest BCUT2D eigenvalue weighted by atomic mass is 16.5. The summed E-state index contributed by atoms with van der Waals surface area (Å²) in [5.74, 6) is 1.68. The van der Waals surface area contributed by atoms with Crippen LogP contribution >= 0.6 is 0 Å². The second-order valence-corrected chi connectivity index (χ2v) is 6.42. The van der Waals surface area contributed by atoms with Gasteiger partial charge in [0, 0.05) is 24.4 Å². The summed E-state index contributed by atoms with van der Waals surface area (Å²) in [6, 6.07) is 8.65. The lowest BCUT2D eigenvalue weighted by atomic mass is 10.2. The van der Waals surface area contributed by atoms with Crippen molar-refractivity contribution in [3.8, 4) is 17.2 Å². The van der Waals surface area contributed by atoms with Crippen LogP contribution in [0, 0.1) is 0 Å². The Labute approximate surface area is 164 Å². The molecule has 1 fully saturated rings. The standard InChI is InChI=1S/C20H25N3O5/c1-26-16-10-13(11-17(27-2)19(16)28-3)21-20(25)15-7-4-8-18(22-15)23-9-5-6-14(23)12-24/h4,7-8,10-11,14,24H,5-6,9,12H2,1-3H3,(H,21,25). The molecule has 1 aromatic carbocycles. The average molecular weight is 387 g/mol. The number of anilines is 2. The Hall–Kier alpha value is -3.00. The molecule has 28 heavy (non-hydrogen) atoms. The van der Waals surface area contributed by atoms with Crippen molar-refractivity contribution in [2.75, 3.05) is 44.7 Å². The van der Waals surface area contributed by atoms with Crippen molar-refractivity contribution in [3.05, 3.63) is 36.0 Å². The number of hydrogen-bond donors (Lipinski definition) is 2. The number of aliphatic hydroxyl groups excluding tert-OH is 1. The van der Waals surface area contributed by atoms with Crippen LogP contribution in [0.3, 0.4) is 0 Å². The molecule has 0 saturated carbocycles. The van der Waals surface area contributed by atoms with Crippen molar-refractivity contribution >= 4 is 17.4 Å². The number of aliphatic hydroxyl groups is 1. The summed E-state index contributed by atoms with van der Waals surface area (Å²) in [7, 11) is 4.55. The molecule has 2 N–H and O–H groups in total. The van der Waals surface area contributed by atoms with Gasteiger partial charge < -0.3 is 29.5 Å². The van der Waals surface area contributed by atoms with Crippen molar-refractivity contribution in [3.63, 3.8) is 0 Å². The third-order valence-corrected chi connectivity index (χ3v) is 4.77. The first kappa shape index (κ1) is 19.8. The molecule has 0 spiro atoms. The summed E-state index contributed by atoms with van der Waals surface area (Å²) in [5, 5.41) is 12.3. The number of aromatic nitrogens is 1. The number of nitrogens with one attached hydrogen (secondary N) is 1. The van der Waals surface area contributed by atoms with Gasteiger partial charge in [0.1, 0.15) is 11.5 Å². The molecule has 1 saturated heterocycles. The number of nitrogens with zero attached hydrogens (tertiary/aromatic N) is 2. The highest BCUT2D eigenvalue weighted by Gasteiger charge is 2.25. The van der Waals surface area contributed by atoms with Gasteiger partial charge in [-0.1, -0.05) is 6.07 Å². The molecule has 0 bridgehead atoms. The molecule has 1 aliphatic heterocycles. The monoisotopic (exact) mass is 387 g/mol. The van der Waals surface area contributed by atoms with Crippen LogP contribution in [-0.4, -0.2) is 56.5 Å². The molecule has 2 heterocycles. The average Bonchev–Trinajstić information content (AvgIpc) is 3.22. The Morgan fingerprint density at radius 3 is 2.54 bits per heavy atom. The van der Waals surface area contributed by atoms with E-state index in [0.717, 1.165) is 19.4 Å². The number of benzene rings is 1. The van der Waals surface area contributed by atoms with E-state index < -0.39 is 0 Å². The molecule has 3 rings (SSSR count). The van der Waals surface area contributed by atoms with Gasteiger partial charge >= 0.3 is 0 Å². The van der Waals surface area contributed by atoms with Gasteiger partial charge in [-0.25, -0.2) is 4.98 Å². The fraction of sp³-hybridized carbons (Fsp3) is 0.400. The van der Waals surface area contributed by atoms with Crippen LogP contribution in [-0.2, 0) is 0 Å². The quantitative estimate of drug-likeness (QED) is 0.753. The predicted molar refractivity (Wildman–Crippen MR) is 106 cm³/mol. The van der Waals surface area contributed by atoms with E-state index in [2.05, 4.69) is 10.3 Å². The van der Waals surface area contributed by atoms with Crippen LogP contribution in [0.5, 0.6) is 17.2 Å². The molecule has 150 valence electrons. The highest BCUT2D eigenvalue weighted by Crippen LogP contribution is 2.40. The van der Waals surface area contributed by atoms with Gasteiger partial charge in [0.15, 0.2) is 11.5 Å². The van der Waals surface area contributed by atoms with Crippen LogP contribution in [0.15, 0.2) is 30.3 Å². The third-order valence-electron chi connectivity index (χ3n) is 4.77. The fourth-order valence-corrected chi connectivity index (χ4v) is 3.39. The lowest BCUT2D eigenvalue weighted by Gasteiger charge is -2.24. The topological polar surface area (TPSA) is 93.2 Å². The Kier molecular flexibility index (Phi) is 6.20. The number of rotatable bonds is 7. The molecule has 8 nitrogen and oxygen atoms in total. The number of pyridine rings is 1. The van der Waals surface area contributed by atoms with E-state index in [1.807, 2.05) is 11.0 Å². The molecule has 0 radical (unpaired) electrons. The Bertz CT molecular complexity index is 817. The summed E-state index contributed by atoms with van der Waals surface area (Å²) in [6.07, 6.45) is 1.91. The number of methoxy groups -OCH3 is 3. The maximum atomic E-state index is 12.7. The van der Waals surface area contributed by atoms with Crippen LogP contribution in [0.2, 0.25) is 0 Å². The van der Waals surface area contributed by atoms with E-state index >= 15 is 0 Å². The molecule has 1 aliphatic rings. The Balaban J connectivity index is 1.83. The smallest absolute Gasteiger partial charge is 0.274 e. The lowest BCUT2D eigenvalue weighted by molar-refractivity contribution is 0.102. The van der Waals surface area contributed by atoms with E-state index in [4.69, 9.17) is 14.2 Å². The molecule has 1 aromatic heterocycles. The van der Waals surface area contributed by atoms with Crippen LogP contribution < -0.4 is 24.4 Å². The number of amides is 1. The number of hydrogen-bond acceptors (Lipinski definition) is 7. The fourth-order valence-electron chi connectivity index (χ4n) is 3.39. The number of carbonyl (C=O) groups is 1. The second kappa shape index (κ2) is 8.79. The second-order valence-electron chi connectivity index (χ2n) is 6.42. The van der Waals surface area contributed by atoms with Crippen LogP contribution in [0.4, 0.5) is 11.5 Å². The van der Waals surface area contributed by atoms with E-state index in [1.165, 1.54) is 21.3 Å². The van der Waals surface area contributed by atoms with E-state index in [1.54, 1.807) is 24.3 Å². The van der Waals surface area contributed by atoms with Crippen LogP contribution in [0.1, 0.15) is 23.3 Å². The zero-order chi connectivity index (χ0) is 20.1. The highest BCUT2D eigenvalue weighted by molar-refractivity contribution is 6.03.